The summed E-state index contributed by atoms with van der Waals surface area (Å²) in [6.45, 7) is 8.22. The maximum absolute atomic E-state index is 10.5. The van der Waals surface area contributed by atoms with Crippen LogP contribution in [0.1, 0.15) is 56.7 Å². The molecule has 0 atom stereocenters. The Balaban J connectivity index is 3.00. The largest absolute Gasteiger partial charge is 0.507 e. The van der Waals surface area contributed by atoms with Crippen molar-refractivity contribution in [2.24, 2.45) is 0 Å². The molecular weight excluding hydrogens is 240 g/mol. The summed E-state index contributed by atoms with van der Waals surface area (Å²) in [6.07, 6.45) is 2.50. The Hall–Kier alpha value is -1.51. The van der Waals surface area contributed by atoms with Crippen LogP contribution in [0.5, 0.6) is 5.75 Å². The number of aryl methyl sites for hydroxylation is 2. The first kappa shape index (κ1) is 15.5. The van der Waals surface area contributed by atoms with Crippen LogP contribution in [0.2, 0.25) is 0 Å². The van der Waals surface area contributed by atoms with Crippen LogP contribution >= 0.6 is 0 Å². The SMILES string of the molecule is CCC(C)(C)c1cc(CCCC(=O)O)cc(C)c1O. The van der Waals surface area contributed by atoms with E-state index in [-0.39, 0.29) is 11.8 Å². The molecule has 0 saturated heterocycles. The Morgan fingerprint density at radius 3 is 2.47 bits per heavy atom. The molecule has 0 aliphatic heterocycles. The third-order valence-electron chi connectivity index (χ3n) is 3.83. The summed E-state index contributed by atoms with van der Waals surface area (Å²) >= 11 is 0. The number of hydrogen-bond donors (Lipinski definition) is 2. The fourth-order valence-electron chi connectivity index (χ4n) is 2.15. The second kappa shape index (κ2) is 6.09. The zero-order chi connectivity index (χ0) is 14.6. The Morgan fingerprint density at radius 1 is 1.32 bits per heavy atom. The fourth-order valence-corrected chi connectivity index (χ4v) is 2.15. The molecule has 0 fully saturated rings. The number of aliphatic carboxylic acids is 1. The van der Waals surface area contributed by atoms with Gasteiger partial charge in [-0.25, -0.2) is 0 Å². The third kappa shape index (κ3) is 3.98. The molecular formula is C16H24O3. The monoisotopic (exact) mass is 264 g/mol. The molecule has 3 heteroatoms. The predicted molar refractivity (Wildman–Crippen MR) is 76.7 cm³/mol. The quantitative estimate of drug-likeness (QED) is 0.821. The highest BCUT2D eigenvalue weighted by atomic mass is 16.4. The number of carboxylic acids is 1. The maximum Gasteiger partial charge on any atom is 0.303 e. The number of phenolic OH excluding ortho intramolecular Hbond substituents is 1. The van der Waals surface area contributed by atoms with Crippen LogP contribution in [0.25, 0.3) is 0 Å². The van der Waals surface area contributed by atoms with E-state index < -0.39 is 5.97 Å². The minimum absolute atomic E-state index is 0.0718. The molecule has 0 bridgehead atoms. The van der Waals surface area contributed by atoms with E-state index in [2.05, 4.69) is 20.8 Å². The Labute approximate surface area is 115 Å². The van der Waals surface area contributed by atoms with E-state index in [1.54, 1.807) is 0 Å². The molecule has 0 aromatic heterocycles. The van der Waals surface area contributed by atoms with Gasteiger partial charge in [0, 0.05) is 12.0 Å². The summed E-state index contributed by atoms with van der Waals surface area (Å²) < 4.78 is 0. The maximum atomic E-state index is 10.5. The van der Waals surface area contributed by atoms with Crippen LogP contribution in [-0.2, 0) is 16.6 Å². The van der Waals surface area contributed by atoms with Crippen molar-refractivity contribution in [1.82, 2.24) is 0 Å². The fraction of sp³-hybridized carbons (Fsp3) is 0.562. The molecule has 19 heavy (non-hydrogen) atoms. The first-order valence-corrected chi connectivity index (χ1v) is 6.82. The molecule has 0 unspecified atom stereocenters. The van der Waals surface area contributed by atoms with Crippen molar-refractivity contribution < 1.29 is 15.0 Å². The molecule has 2 N–H and O–H groups in total. The van der Waals surface area contributed by atoms with Crippen molar-refractivity contribution in [2.45, 2.75) is 58.8 Å². The van der Waals surface area contributed by atoms with E-state index in [0.29, 0.717) is 12.2 Å². The van der Waals surface area contributed by atoms with E-state index in [1.807, 2.05) is 19.1 Å². The molecule has 3 nitrogen and oxygen atoms in total. The normalized spacial score (nSPS) is 11.6. The molecule has 1 rings (SSSR count). The van der Waals surface area contributed by atoms with Crippen molar-refractivity contribution in [3.63, 3.8) is 0 Å². The first-order valence-electron chi connectivity index (χ1n) is 6.82. The summed E-state index contributed by atoms with van der Waals surface area (Å²) in [5, 5.41) is 18.9. The molecule has 0 spiro atoms. The average Bonchev–Trinajstić information content (AvgIpc) is 2.32. The van der Waals surface area contributed by atoms with Gasteiger partial charge in [0.15, 0.2) is 0 Å². The summed E-state index contributed by atoms with van der Waals surface area (Å²) in [5.41, 5.74) is 2.86. The molecule has 1 aromatic rings. The van der Waals surface area contributed by atoms with Crippen LogP contribution in [0.4, 0.5) is 0 Å². The smallest absolute Gasteiger partial charge is 0.303 e. The molecule has 1 aromatic carbocycles. The molecule has 0 aliphatic carbocycles. The molecule has 0 radical (unpaired) electrons. The van der Waals surface area contributed by atoms with Gasteiger partial charge in [0.2, 0.25) is 0 Å². The van der Waals surface area contributed by atoms with Crippen molar-refractivity contribution in [3.05, 3.63) is 28.8 Å². The van der Waals surface area contributed by atoms with Gasteiger partial charge < -0.3 is 10.2 Å². The molecule has 0 amide bonds. The number of carboxylic acid groups (broad SMARTS) is 1. The van der Waals surface area contributed by atoms with Crippen LogP contribution in [-0.4, -0.2) is 16.2 Å². The summed E-state index contributed by atoms with van der Waals surface area (Å²) in [5.74, 6) is -0.390. The Morgan fingerprint density at radius 2 is 1.95 bits per heavy atom. The zero-order valence-corrected chi connectivity index (χ0v) is 12.3. The van der Waals surface area contributed by atoms with E-state index in [9.17, 15) is 9.90 Å². The van der Waals surface area contributed by atoms with E-state index in [0.717, 1.165) is 29.5 Å². The van der Waals surface area contributed by atoms with E-state index in [4.69, 9.17) is 5.11 Å². The molecule has 0 heterocycles. The number of phenols is 1. The van der Waals surface area contributed by atoms with Crippen molar-refractivity contribution in [3.8, 4) is 5.75 Å². The Bertz CT molecular complexity index is 461. The van der Waals surface area contributed by atoms with Crippen molar-refractivity contribution in [2.75, 3.05) is 0 Å². The van der Waals surface area contributed by atoms with Gasteiger partial charge in [-0.05, 0) is 42.7 Å². The van der Waals surface area contributed by atoms with Gasteiger partial charge in [0.1, 0.15) is 5.75 Å². The lowest BCUT2D eigenvalue weighted by atomic mass is 9.80. The number of carbonyl (C=O) groups is 1. The second-order valence-electron chi connectivity index (χ2n) is 5.79. The van der Waals surface area contributed by atoms with Gasteiger partial charge in [-0.15, -0.1) is 0 Å². The highest BCUT2D eigenvalue weighted by Gasteiger charge is 2.23. The van der Waals surface area contributed by atoms with E-state index >= 15 is 0 Å². The number of benzene rings is 1. The lowest BCUT2D eigenvalue weighted by Crippen LogP contribution is -2.16. The number of rotatable bonds is 6. The predicted octanol–water partition coefficient (Wildman–Crippen LogP) is 3.80. The zero-order valence-electron chi connectivity index (χ0n) is 12.3. The first-order chi connectivity index (χ1) is 8.77. The van der Waals surface area contributed by atoms with Gasteiger partial charge in [0.25, 0.3) is 0 Å². The molecule has 0 saturated carbocycles. The number of aromatic hydroxyl groups is 1. The summed E-state index contributed by atoms with van der Waals surface area (Å²) in [4.78, 5) is 10.5. The topological polar surface area (TPSA) is 57.5 Å². The highest BCUT2D eigenvalue weighted by molar-refractivity contribution is 5.66. The number of hydrogen-bond acceptors (Lipinski definition) is 2. The van der Waals surface area contributed by atoms with E-state index in [1.165, 1.54) is 0 Å². The Kier molecular flexibility index (Phi) is 4.98. The van der Waals surface area contributed by atoms with Gasteiger partial charge >= 0.3 is 5.97 Å². The van der Waals surface area contributed by atoms with Gasteiger partial charge in [-0.3, -0.25) is 4.79 Å². The van der Waals surface area contributed by atoms with Crippen molar-refractivity contribution in [1.29, 1.82) is 0 Å². The second-order valence-corrected chi connectivity index (χ2v) is 5.79. The van der Waals surface area contributed by atoms with Crippen molar-refractivity contribution >= 4 is 5.97 Å². The summed E-state index contributed by atoms with van der Waals surface area (Å²) in [7, 11) is 0. The van der Waals surface area contributed by atoms with Crippen LogP contribution in [0, 0.1) is 6.92 Å². The van der Waals surface area contributed by atoms with Crippen LogP contribution in [0.3, 0.4) is 0 Å². The van der Waals surface area contributed by atoms with Crippen LogP contribution < -0.4 is 0 Å². The lowest BCUT2D eigenvalue weighted by Gasteiger charge is -2.26. The average molecular weight is 264 g/mol. The minimum Gasteiger partial charge on any atom is -0.507 e. The van der Waals surface area contributed by atoms with Gasteiger partial charge in [0.05, 0.1) is 0 Å². The summed E-state index contributed by atoms with van der Waals surface area (Å²) in [6, 6.07) is 3.97. The highest BCUT2D eigenvalue weighted by Crippen LogP contribution is 2.36. The van der Waals surface area contributed by atoms with Gasteiger partial charge in [-0.2, -0.15) is 0 Å². The van der Waals surface area contributed by atoms with Gasteiger partial charge in [-0.1, -0.05) is 32.9 Å². The standard InChI is InChI=1S/C16H24O3/c1-5-16(3,4)13-10-12(7-6-8-14(17)18)9-11(2)15(13)19/h9-10,19H,5-8H2,1-4H3,(H,17,18). The lowest BCUT2D eigenvalue weighted by molar-refractivity contribution is -0.137. The molecule has 106 valence electrons. The third-order valence-corrected chi connectivity index (χ3v) is 3.83. The minimum atomic E-state index is -0.760. The van der Waals surface area contributed by atoms with Crippen LogP contribution in [0.15, 0.2) is 12.1 Å². The molecule has 0 aliphatic rings.